The van der Waals surface area contributed by atoms with E-state index in [1.54, 1.807) is 24.1 Å². The van der Waals surface area contributed by atoms with Crippen molar-refractivity contribution in [3.8, 4) is 5.69 Å². The number of nitrogens with one attached hydrogen (secondary N) is 1. The van der Waals surface area contributed by atoms with Crippen molar-refractivity contribution in [2.75, 3.05) is 11.9 Å². The maximum absolute atomic E-state index is 13.0. The Kier molecular flexibility index (Phi) is 4.85. The number of imide groups is 1. The second kappa shape index (κ2) is 7.48. The quantitative estimate of drug-likeness (QED) is 0.522. The SMILES string of the molecule is Cc1ccc(N2C(=O)CC(N(C)Cc3c(=O)o[nH][n+]3-c3ccccc3)C2=O)cc1. The summed E-state index contributed by atoms with van der Waals surface area (Å²) in [4.78, 5) is 40.6. The van der Waals surface area contributed by atoms with Crippen LogP contribution in [0, 0.1) is 6.92 Å². The fraction of sp³-hybridized carbons (Fsp3) is 0.238. The lowest BCUT2D eigenvalue weighted by atomic mass is 10.2. The maximum Gasteiger partial charge on any atom is 0.431 e. The zero-order valence-electron chi connectivity index (χ0n) is 16.2. The van der Waals surface area contributed by atoms with Crippen LogP contribution in [-0.4, -0.2) is 35.1 Å². The van der Waals surface area contributed by atoms with Crippen molar-refractivity contribution in [3.63, 3.8) is 0 Å². The van der Waals surface area contributed by atoms with Crippen LogP contribution in [0.1, 0.15) is 17.7 Å². The van der Waals surface area contributed by atoms with Gasteiger partial charge in [-0.15, -0.1) is 0 Å². The van der Waals surface area contributed by atoms with Gasteiger partial charge in [0.15, 0.2) is 0 Å². The molecule has 1 aliphatic rings. The number of amides is 2. The molecule has 0 spiro atoms. The van der Waals surface area contributed by atoms with Crippen LogP contribution < -0.4 is 15.2 Å². The lowest BCUT2D eigenvalue weighted by Crippen LogP contribution is -2.45. The summed E-state index contributed by atoms with van der Waals surface area (Å²) >= 11 is 0. The third-order valence-corrected chi connectivity index (χ3v) is 5.10. The molecular formula is C21H21N4O4+. The van der Waals surface area contributed by atoms with Crippen LogP contribution in [0.25, 0.3) is 5.69 Å². The summed E-state index contributed by atoms with van der Waals surface area (Å²) in [7, 11) is 1.72. The molecule has 1 unspecified atom stereocenters. The smallest absolute Gasteiger partial charge is 0.284 e. The number of likely N-dealkylation sites (N-methyl/N-ethyl adjacent to an activating group) is 1. The van der Waals surface area contributed by atoms with Gasteiger partial charge in [0, 0.05) is 12.1 Å². The number of rotatable bonds is 5. The van der Waals surface area contributed by atoms with Crippen LogP contribution in [0.2, 0.25) is 0 Å². The number of H-pyrrole nitrogens is 1. The topological polar surface area (TPSA) is 90.5 Å². The third-order valence-electron chi connectivity index (χ3n) is 5.10. The molecular weight excluding hydrogens is 372 g/mol. The molecule has 29 heavy (non-hydrogen) atoms. The zero-order chi connectivity index (χ0) is 20.5. The van der Waals surface area contributed by atoms with Crippen molar-refractivity contribution in [2.45, 2.75) is 25.9 Å². The van der Waals surface area contributed by atoms with Crippen LogP contribution in [0.5, 0.6) is 0 Å². The van der Waals surface area contributed by atoms with Crippen molar-refractivity contribution in [1.29, 1.82) is 0 Å². The summed E-state index contributed by atoms with van der Waals surface area (Å²) in [5.74, 6) is -0.555. The largest absolute Gasteiger partial charge is 0.431 e. The Hall–Kier alpha value is -3.52. The van der Waals surface area contributed by atoms with E-state index in [9.17, 15) is 14.4 Å². The number of aryl methyl sites for hydroxylation is 1. The van der Waals surface area contributed by atoms with Gasteiger partial charge >= 0.3 is 11.3 Å². The summed E-state index contributed by atoms with van der Waals surface area (Å²) in [6.45, 7) is 2.09. The predicted octanol–water partition coefficient (Wildman–Crippen LogP) is 1.32. The Balaban J connectivity index is 1.57. The minimum atomic E-state index is -0.651. The molecule has 2 heterocycles. The summed E-state index contributed by atoms with van der Waals surface area (Å²) in [6.07, 6.45) is 0.0598. The first-order chi connectivity index (χ1) is 14.0. The van der Waals surface area contributed by atoms with E-state index in [2.05, 4.69) is 5.27 Å². The van der Waals surface area contributed by atoms with E-state index >= 15 is 0 Å². The lowest BCUT2D eigenvalue weighted by Gasteiger charge is -2.20. The number of para-hydroxylation sites is 1. The van der Waals surface area contributed by atoms with E-state index in [1.165, 1.54) is 9.58 Å². The van der Waals surface area contributed by atoms with E-state index in [0.29, 0.717) is 11.4 Å². The highest BCUT2D eigenvalue weighted by atomic mass is 16.5. The third kappa shape index (κ3) is 3.50. The van der Waals surface area contributed by atoms with Gasteiger partial charge in [-0.3, -0.25) is 19.0 Å². The van der Waals surface area contributed by atoms with Gasteiger partial charge in [0.2, 0.25) is 11.6 Å². The number of carbonyl (C=O) groups excluding carboxylic acids is 2. The normalized spacial score (nSPS) is 16.8. The molecule has 4 rings (SSSR count). The highest BCUT2D eigenvalue weighted by molar-refractivity contribution is 6.22. The van der Waals surface area contributed by atoms with Crippen molar-refractivity contribution >= 4 is 17.5 Å². The zero-order valence-corrected chi connectivity index (χ0v) is 16.2. The molecule has 1 N–H and O–H groups in total. The molecule has 8 heteroatoms. The van der Waals surface area contributed by atoms with Gasteiger partial charge in [-0.2, -0.15) is 0 Å². The molecule has 8 nitrogen and oxygen atoms in total. The Labute approximate surface area is 166 Å². The van der Waals surface area contributed by atoms with Crippen LogP contribution >= 0.6 is 0 Å². The summed E-state index contributed by atoms with van der Waals surface area (Å²) in [5.41, 5.74) is 2.16. The van der Waals surface area contributed by atoms with Gasteiger partial charge in [0.25, 0.3) is 5.91 Å². The molecule has 2 aromatic carbocycles. The average molecular weight is 393 g/mol. The minimum Gasteiger partial charge on any atom is -0.284 e. The number of benzene rings is 2. The molecule has 1 aliphatic heterocycles. The van der Waals surface area contributed by atoms with E-state index in [4.69, 9.17) is 4.52 Å². The number of nitrogens with zero attached hydrogens (tertiary/aromatic N) is 3. The van der Waals surface area contributed by atoms with Gasteiger partial charge in [-0.25, -0.2) is 9.69 Å². The molecule has 0 saturated carbocycles. The van der Waals surface area contributed by atoms with E-state index in [0.717, 1.165) is 11.3 Å². The molecule has 1 atom stereocenters. The first-order valence-corrected chi connectivity index (χ1v) is 9.27. The van der Waals surface area contributed by atoms with E-state index < -0.39 is 11.7 Å². The van der Waals surface area contributed by atoms with Crippen LogP contribution in [0.4, 0.5) is 5.69 Å². The van der Waals surface area contributed by atoms with Crippen molar-refractivity contribution < 1.29 is 18.8 Å². The predicted molar refractivity (Wildman–Crippen MR) is 104 cm³/mol. The van der Waals surface area contributed by atoms with Crippen molar-refractivity contribution in [2.24, 2.45) is 0 Å². The number of anilines is 1. The Morgan fingerprint density at radius 2 is 1.79 bits per heavy atom. The Morgan fingerprint density at radius 3 is 2.48 bits per heavy atom. The molecule has 0 aliphatic carbocycles. The first kappa shape index (κ1) is 18.8. The average Bonchev–Trinajstić information content (AvgIpc) is 3.23. The standard InChI is InChI=1S/C21H20N4O4/c1-14-8-10-15(11-9-14)24-19(26)12-17(20(24)27)23(2)13-18-21(28)29-22-25(18)16-6-4-3-5-7-16/h3-11,17H,12-13H2,1-2H3/p+1. The molecule has 0 bridgehead atoms. The lowest BCUT2D eigenvalue weighted by molar-refractivity contribution is -0.678. The van der Waals surface area contributed by atoms with Crippen molar-refractivity contribution in [3.05, 3.63) is 76.3 Å². The molecule has 1 fully saturated rings. The van der Waals surface area contributed by atoms with Crippen LogP contribution in [0.3, 0.4) is 0 Å². The fourth-order valence-corrected chi connectivity index (χ4v) is 3.49. The van der Waals surface area contributed by atoms with Gasteiger partial charge in [0.05, 0.1) is 24.7 Å². The first-order valence-electron chi connectivity index (χ1n) is 9.27. The van der Waals surface area contributed by atoms with Gasteiger partial charge in [-0.05, 0) is 36.1 Å². The summed E-state index contributed by atoms with van der Waals surface area (Å²) in [6, 6.07) is 15.8. The monoisotopic (exact) mass is 393 g/mol. The maximum atomic E-state index is 13.0. The summed E-state index contributed by atoms with van der Waals surface area (Å²) < 4.78 is 6.50. The number of hydrogen-bond donors (Lipinski definition) is 1. The molecule has 1 saturated heterocycles. The number of aromatic nitrogens is 2. The second-order valence-electron chi connectivity index (χ2n) is 7.14. The molecule has 2 amide bonds. The fourth-order valence-electron chi connectivity index (χ4n) is 3.49. The highest BCUT2D eigenvalue weighted by Crippen LogP contribution is 2.25. The number of carbonyl (C=O) groups is 2. The molecule has 1 aromatic heterocycles. The summed E-state index contributed by atoms with van der Waals surface area (Å²) in [5, 5.41) is 2.59. The molecule has 0 radical (unpaired) electrons. The van der Waals surface area contributed by atoms with E-state index in [1.807, 2.05) is 49.4 Å². The van der Waals surface area contributed by atoms with Crippen molar-refractivity contribution in [1.82, 2.24) is 10.2 Å². The number of hydrogen-bond acceptors (Lipinski definition) is 5. The van der Waals surface area contributed by atoms with Crippen LogP contribution in [0.15, 0.2) is 63.9 Å². The minimum absolute atomic E-state index is 0.0598. The Morgan fingerprint density at radius 1 is 1.10 bits per heavy atom. The Bertz CT molecular complexity index is 1100. The van der Waals surface area contributed by atoms with Gasteiger partial charge in [-0.1, -0.05) is 35.9 Å². The van der Waals surface area contributed by atoms with E-state index in [-0.39, 0.29) is 24.8 Å². The van der Waals surface area contributed by atoms with Gasteiger partial charge < -0.3 is 0 Å². The second-order valence-corrected chi connectivity index (χ2v) is 7.14. The molecule has 148 valence electrons. The van der Waals surface area contributed by atoms with Gasteiger partial charge in [0.1, 0.15) is 0 Å². The molecule has 3 aromatic rings. The highest BCUT2D eigenvalue weighted by Gasteiger charge is 2.42. The van der Waals surface area contributed by atoms with Crippen LogP contribution in [-0.2, 0) is 16.1 Å². The number of aromatic amines is 1.